The lowest BCUT2D eigenvalue weighted by atomic mass is 10.2. The van der Waals surface area contributed by atoms with E-state index in [1.54, 1.807) is 0 Å². The third-order valence-corrected chi connectivity index (χ3v) is 3.05. The van der Waals surface area contributed by atoms with Crippen molar-refractivity contribution >= 4 is 23.5 Å². The normalized spacial score (nSPS) is 16.4. The second-order valence-electron chi connectivity index (χ2n) is 4.28. The highest BCUT2D eigenvalue weighted by Gasteiger charge is 2.14. The van der Waals surface area contributed by atoms with Gasteiger partial charge in [0.05, 0.1) is 6.61 Å². The Hall–Kier alpha value is -1.14. The van der Waals surface area contributed by atoms with Crippen molar-refractivity contribution < 1.29 is 5.11 Å². The van der Waals surface area contributed by atoms with Crippen molar-refractivity contribution in [1.82, 2.24) is 15.0 Å². The fraction of sp³-hybridized carbons (Fsp3) is 0.727. The van der Waals surface area contributed by atoms with E-state index in [-0.39, 0.29) is 11.9 Å². The first-order chi connectivity index (χ1) is 8.79. The van der Waals surface area contributed by atoms with Gasteiger partial charge in [-0.25, -0.2) is 0 Å². The van der Waals surface area contributed by atoms with E-state index in [0.717, 1.165) is 25.9 Å². The number of hydrogen-bond acceptors (Lipinski definition) is 6. The van der Waals surface area contributed by atoms with Crippen molar-refractivity contribution in [3.05, 3.63) is 5.28 Å². The standard InChI is InChI=1S/C11H18ClN5O/c12-9-14-10(13-5-8-18)16-11(15-9)17-6-3-1-2-4-7-17/h18H,1-8H2,(H,13,14,15,16). The zero-order chi connectivity index (χ0) is 12.8. The summed E-state index contributed by atoms with van der Waals surface area (Å²) in [5.74, 6) is 1.04. The first-order valence-electron chi connectivity index (χ1n) is 6.31. The van der Waals surface area contributed by atoms with Crippen LogP contribution in [0, 0.1) is 0 Å². The number of aliphatic hydroxyl groups is 1. The van der Waals surface area contributed by atoms with Gasteiger partial charge in [0.15, 0.2) is 0 Å². The molecule has 2 N–H and O–H groups in total. The highest BCUT2D eigenvalue weighted by molar-refractivity contribution is 6.28. The topological polar surface area (TPSA) is 74.2 Å². The molecule has 1 aromatic rings. The SMILES string of the molecule is OCCNc1nc(Cl)nc(N2CCCCCC2)n1. The zero-order valence-electron chi connectivity index (χ0n) is 10.3. The van der Waals surface area contributed by atoms with Gasteiger partial charge in [0.2, 0.25) is 17.2 Å². The summed E-state index contributed by atoms with van der Waals surface area (Å²) in [5, 5.41) is 11.9. The maximum absolute atomic E-state index is 8.78. The van der Waals surface area contributed by atoms with Gasteiger partial charge in [-0.2, -0.15) is 15.0 Å². The minimum Gasteiger partial charge on any atom is -0.395 e. The smallest absolute Gasteiger partial charge is 0.231 e. The molecule has 1 aliphatic rings. The monoisotopic (exact) mass is 271 g/mol. The Morgan fingerprint density at radius 1 is 1.11 bits per heavy atom. The summed E-state index contributed by atoms with van der Waals surface area (Å²) in [7, 11) is 0. The van der Waals surface area contributed by atoms with Crippen LogP contribution in [0.3, 0.4) is 0 Å². The second-order valence-corrected chi connectivity index (χ2v) is 4.62. The average molecular weight is 272 g/mol. The molecule has 0 saturated carbocycles. The van der Waals surface area contributed by atoms with Crippen LogP contribution in [0.2, 0.25) is 5.28 Å². The van der Waals surface area contributed by atoms with Gasteiger partial charge in [-0.3, -0.25) is 0 Å². The lowest BCUT2D eigenvalue weighted by Crippen LogP contribution is -2.26. The minimum absolute atomic E-state index is 0.0301. The molecule has 0 aromatic carbocycles. The molecule has 0 atom stereocenters. The first-order valence-corrected chi connectivity index (χ1v) is 6.68. The number of rotatable bonds is 4. The Bertz CT molecular complexity index is 382. The molecule has 1 aliphatic heterocycles. The van der Waals surface area contributed by atoms with E-state index in [0.29, 0.717) is 18.4 Å². The summed E-state index contributed by atoms with van der Waals surface area (Å²) in [5.41, 5.74) is 0. The zero-order valence-corrected chi connectivity index (χ0v) is 11.0. The molecule has 0 amide bonds. The molecule has 0 bridgehead atoms. The number of halogens is 1. The van der Waals surface area contributed by atoms with Crippen molar-refractivity contribution in [3.8, 4) is 0 Å². The van der Waals surface area contributed by atoms with E-state index >= 15 is 0 Å². The summed E-state index contributed by atoms with van der Waals surface area (Å²) in [4.78, 5) is 14.6. The van der Waals surface area contributed by atoms with E-state index in [4.69, 9.17) is 16.7 Å². The molecule has 1 aromatic heterocycles. The number of aliphatic hydroxyl groups excluding tert-OH is 1. The van der Waals surface area contributed by atoms with Gasteiger partial charge in [-0.1, -0.05) is 12.8 Å². The average Bonchev–Trinajstić information content (AvgIpc) is 2.64. The van der Waals surface area contributed by atoms with Crippen LogP contribution in [-0.2, 0) is 0 Å². The van der Waals surface area contributed by atoms with E-state index in [9.17, 15) is 0 Å². The Labute approximate surface area is 111 Å². The molecule has 1 fully saturated rings. The number of anilines is 2. The van der Waals surface area contributed by atoms with Gasteiger partial charge < -0.3 is 15.3 Å². The molecule has 2 rings (SSSR count). The van der Waals surface area contributed by atoms with Crippen molar-refractivity contribution in [2.75, 3.05) is 36.5 Å². The Kier molecular flexibility index (Phi) is 4.95. The summed E-state index contributed by atoms with van der Waals surface area (Å²) < 4.78 is 0. The minimum atomic E-state index is 0.0301. The third kappa shape index (κ3) is 3.68. The lowest BCUT2D eigenvalue weighted by molar-refractivity contribution is 0.311. The molecule has 6 nitrogen and oxygen atoms in total. The molecule has 2 heterocycles. The summed E-state index contributed by atoms with van der Waals surface area (Å²) in [6.07, 6.45) is 4.82. The van der Waals surface area contributed by atoms with Crippen LogP contribution in [0.4, 0.5) is 11.9 Å². The lowest BCUT2D eigenvalue weighted by Gasteiger charge is -2.20. The molecule has 0 spiro atoms. The molecule has 100 valence electrons. The summed E-state index contributed by atoms with van der Waals surface area (Å²) in [6.45, 7) is 2.35. The van der Waals surface area contributed by atoms with Crippen molar-refractivity contribution in [1.29, 1.82) is 0 Å². The van der Waals surface area contributed by atoms with Gasteiger partial charge in [0.1, 0.15) is 0 Å². The largest absolute Gasteiger partial charge is 0.395 e. The van der Waals surface area contributed by atoms with Crippen LogP contribution >= 0.6 is 11.6 Å². The molecule has 18 heavy (non-hydrogen) atoms. The molecular formula is C11H18ClN5O. The fourth-order valence-corrected chi connectivity index (χ4v) is 2.15. The maximum Gasteiger partial charge on any atom is 0.231 e. The Balaban J connectivity index is 2.12. The summed E-state index contributed by atoms with van der Waals surface area (Å²) in [6, 6.07) is 0. The maximum atomic E-state index is 8.78. The number of nitrogens with one attached hydrogen (secondary N) is 1. The highest BCUT2D eigenvalue weighted by atomic mass is 35.5. The number of nitrogens with zero attached hydrogens (tertiary/aromatic N) is 4. The van der Waals surface area contributed by atoms with Gasteiger partial charge in [-0.15, -0.1) is 0 Å². The molecule has 1 saturated heterocycles. The van der Waals surface area contributed by atoms with Crippen molar-refractivity contribution in [3.63, 3.8) is 0 Å². The Morgan fingerprint density at radius 2 is 1.83 bits per heavy atom. The van der Waals surface area contributed by atoms with E-state index in [1.165, 1.54) is 12.8 Å². The molecule has 7 heteroatoms. The quantitative estimate of drug-likeness (QED) is 0.860. The predicted octanol–water partition coefficient (Wildman–Crippen LogP) is 1.31. The molecular weight excluding hydrogens is 254 g/mol. The van der Waals surface area contributed by atoms with Gasteiger partial charge in [0.25, 0.3) is 0 Å². The van der Waals surface area contributed by atoms with Crippen LogP contribution in [0.1, 0.15) is 25.7 Å². The van der Waals surface area contributed by atoms with E-state index in [1.807, 2.05) is 0 Å². The molecule has 0 radical (unpaired) electrons. The van der Waals surface area contributed by atoms with Crippen LogP contribution in [0.15, 0.2) is 0 Å². The second kappa shape index (κ2) is 6.70. The number of aromatic nitrogens is 3. The van der Waals surface area contributed by atoms with Crippen LogP contribution < -0.4 is 10.2 Å². The summed E-state index contributed by atoms with van der Waals surface area (Å²) >= 11 is 5.90. The van der Waals surface area contributed by atoms with Crippen LogP contribution in [0.25, 0.3) is 0 Å². The van der Waals surface area contributed by atoms with Gasteiger partial charge in [0, 0.05) is 19.6 Å². The Morgan fingerprint density at radius 3 is 2.50 bits per heavy atom. The first kappa shape index (κ1) is 13.3. The third-order valence-electron chi connectivity index (χ3n) is 2.88. The molecule has 0 unspecified atom stereocenters. The van der Waals surface area contributed by atoms with E-state index in [2.05, 4.69) is 25.2 Å². The van der Waals surface area contributed by atoms with Gasteiger partial charge in [-0.05, 0) is 24.4 Å². The highest BCUT2D eigenvalue weighted by Crippen LogP contribution is 2.18. The van der Waals surface area contributed by atoms with Crippen molar-refractivity contribution in [2.24, 2.45) is 0 Å². The molecule has 0 aliphatic carbocycles. The van der Waals surface area contributed by atoms with Crippen molar-refractivity contribution in [2.45, 2.75) is 25.7 Å². The predicted molar refractivity (Wildman–Crippen MR) is 71.1 cm³/mol. The van der Waals surface area contributed by atoms with Crippen LogP contribution in [-0.4, -0.2) is 46.3 Å². The number of hydrogen-bond donors (Lipinski definition) is 2. The fourth-order valence-electron chi connectivity index (χ4n) is 2.00. The van der Waals surface area contributed by atoms with Gasteiger partial charge >= 0.3 is 0 Å². The van der Waals surface area contributed by atoms with Crippen LogP contribution in [0.5, 0.6) is 0 Å². The van der Waals surface area contributed by atoms with E-state index < -0.39 is 0 Å².